The largest absolute Gasteiger partial charge is 0.508 e. The summed E-state index contributed by atoms with van der Waals surface area (Å²) in [7, 11) is 2.08. The van der Waals surface area contributed by atoms with Gasteiger partial charge in [-0.1, -0.05) is 0 Å². The molecule has 2 saturated heterocycles. The van der Waals surface area contributed by atoms with E-state index in [9.17, 15) is 19.8 Å². The molecule has 0 radical (unpaired) electrons. The number of anilines is 1. The first kappa shape index (κ1) is 19.6. The molecule has 7 nitrogen and oxygen atoms in total. The number of carboxylic acids is 1. The smallest absolute Gasteiger partial charge is 0.341 e. The van der Waals surface area contributed by atoms with Crippen molar-refractivity contribution in [3.63, 3.8) is 0 Å². The number of rotatable bonds is 3. The summed E-state index contributed by atoms with van der Waals surface area (Å²) in [6, 6.07) is 9.33. The van der Waals surface area contributed by atoms with Crippen LogP contribution in [0.5, 0.6) is 5.75 Å². The van der Waals surface area contributed by atoms with Gasteiger partial charge in [0.25, 0.3) is 0 Å². The van der Waals surface area contributed by atoms with E-state index < -0.39 is 22.8 Å². The molecule has 0 bridgehead atoms. The van der Waals surface area contributed by atoms with Gasteiger partial charge in [0.15, 0.2) is 0 Å². The first-order valence-corrected chi connectivity index (χ1v) is 10.2. The van der Waals surface area contributed by atoms with Gasteiger partial charge in [0, 0.05) is 36.4 Å². The lowest BCUT2D eigenvalue weighted by Crippen LogP contribution is -2.32. The van der Waals surface area contributed by atoms with Crippen LogP contribution in [0.4, 0.5) is 10.1 Å². The van der Waals surface area contributed by atoms with Gasteiger partial charge in [-0.05, 0) is 62.3 Å². The predicted octanol–water partition coefficient (Wildman–Crippen LogP) is 2.67. The average molecular weight is 423 g/mol. The van der Waals surface area contributed by atoms with Crippen molar-refractivity contribution in [1.82, 2.24) is 9.47 Å². The van der Waals surface area contributed by atoms with Crippen LogP contribution in [-0.2, 0) is 0 Å². The van der Waals surface area contributed by atoms with E-state index in [-0.39, 0.29) is 11.1 Å². The molecule has 2 aliphatic heterocycles. The first-order chi connectivity index (χ1) is 14.8. The maximum Gasteiger partial charge on any atom is 0.341 e. The van der Waals surface area contributed by atoms with Crippen LogP contribution in [0.15, 0.2) is 47.4 Å². The number of likely N-dealkylation sites (N-methyl/N-ethyl adjacent to an activating group) is 1. The zero-order chi connectivity index (χ0) is 21.9. The number of aromatic nitrogens is 1. The summed E-state index contributed by atoms with van der Waals surface area (Å²) in [5.74, 6) is -1.37. The fourth-order valence-corrected chi connectivity index (χ4v) is 4.92. The third-order valence-electron chi connectivity index (χ3n) is 6.60. The quantitative estimate of drug-likeness (QED) is 0.674. The molecular formula is C23H22FN3O4. The Bertz CT molecular complexity index is 1250. The minimum atomic E-state index is -1.38. The summed E-state index contributed by atoms with van der Waals surface area (Å²) in [6.07, 6.45) is 2.33. The normalized spacial score (nSPS) is 21.0. The molecule has 3 aromatic rings. The van der Waals surface area contributed by atoms with Crippen molar-refractivity contribution in [2.45, 2.75) is 12.5 Å². The summed E-state index contributed by atoms with van der Waals surface area (Å²) in [5.41, 5.74) is 0.222. The predicted molar refractivity (Wildman–Crippen MR) is 115 cm³/mol. The number of carboxylic acid groups (broad SMARTS) is 1. The molecule has 2 aromatic carbocycles. The second kappa shape index (κ2) is 7.09. The van der Waals surface area contributed by atoms with E-state index >= 15 is 4.39 Å². The van der Waals surface area contributed by atoms with Gasteiger partial charge >= 0.3 is 5.97 Å². The van der Waals surface area contributed by atoms with E-state index in [0.717, 1.165) is 25.6 Å². The molecule has 2 unspecified atom stereocenters. The topological polar surface area (TPSA) is 86.0 Å². The van der Waals surface area contributed by atoms with Crippen LogP contribution >= 0.6 is 0 Å². The maximum absolute atomic E-state index is 15.2. The van der Waals surface area contributed by atoms with Crippen LogP contribution in [-0.4, -0.2) is 58.4 Å². The fraction of sp³-hybridized carbons (Fsp3) is 0.304. The van der Waals surface area contributed by atoms with Gasteiger partial charge in [-0.15, -0.1) is 0 Å². The number of pyridine rings is 1. The second-order valence-electron chi connectivity index (χ2n) is 8.39. The number of nitrogens with zero attached hydrogens (tertiary/aromatic N) is 3. The van der Waals surface area contributed by atoms with Gasteiger partial charge in [0.1, 0.15) is 17.1 Å². The Balaban J connectivity index is 1.70. The molecule has 0 aliphatic carbocycles. The SMILES string of the molecule is CN1CCC2CN(c3cc4c(cc3F)c(=O)c(C(=O)O)cn4-c3ccc(O)cc3)CC21. The molecule has 0 spiro atoms. The lowest BCUT2D eigenvalue weighted by atomic mass is 10.1. The van der Waals surface area contributed by atoms with Crippen LogP contribution in [0.2, 0.25) is 0 Å². The van der Waals surface area contributed by atoms with E-state index in [1.807, 2.05) is 4.90 Å². The van der Waals surface area contributed by atoms with Crippen LogP contribution in [0, 0.1) is 11.7 Å². The number of phenols is 1. The maximum atomic E-state index is 15.2. The van der Waals surface area contributed by atoms with Crippen LogP contribution in [0.25, 0.3) is 16.6 Å². The minimum absolute atomic E-state index is 0.00531. The Morgan fingerprint density at radius 1 is 1.16 bits per heavy atom. The van der Waals surface area contributed by atoms with E-state index in [2.05, 4.69) is 11.9 Å². The van der Waals surface area contributed by atoms with Crippen molar-refractivity contribution in [3.8, 4) is 11.4 Å². The van der Waals surface area contributed by atoms with Gasteiger partial charge in [-0.3, -0.25) is 4.79 Å². The summed E-state index contributed by atoms with van der Waals surface area (Å²) in [6.45, 7) is 2.50. The highest BCUT2D eigenvalue weighted by Gasteiger charge is 2.40. The Labute approximate surface area is 177 Å². The average Bonchev–Trinajstić information content (AvgIpc) is 3.31. The molecule has 1 aromatic heterocycles. The molecule has 0 saturated carbocycles. The molecule has 2 atom stereocenters. The monoisotopic (exact) mass is 423 g/mol. The van der Waals surface area contributed by atoms with E-state index in [4.69, 9.17) is 0 Å². The molecule has 2 fully saturated rings. The van der Waals surface area contributed by atoms with Gasteiger partial charge in [-0.2, -0.15) is 0 Å². The molecule has 2 aliphatic rings. The van der Waals surface area contributed by atoms with Crippen molar-refractivity contribution in [2.24, 2.45) is 5.92 Å². The lowest BCUT2D eigenvalue weighted by Gasteiger charge is -2.24. The van der Waals surface area contributed by atoms with Crippen molar-refractivity contribution in [3.05, 3.63) is 64.2 Å². The number of carbonyl (C=O) groups is 1. The zero-order valence-electron chi connectivity index (χ0n) is 17.0. The standard InChI is InChI=1S/C23H22FN3O4/c1-25-7-6-13-10-26(12-21(13)25)20-9-19-16(8-18(20)24)22(29)17(23(30)31)11-27(19)14-2-4-15(28)5-3-14/h2-5,8-9,11,13,21,28H,6-7,10,12H2,1H3,(H,30,31). The number of aromatic carboxylic acids is 1. The Kier molecular flexibility index (Phi) is 4.48. The number of aromatic hydroxyl groups is 1. The summed E-state index contributed by atoms with van der Waals surface area (Å²) < 4.78 is 16.7. The molecule has 3 heterocycles. The van der Waals surface area contributed by atoms with Crippen molar-refractivity contribution >= 4 is 22.6 Å². The highest BCUT2D eigenvalue weighted by molar-refractivity contribution is 5.94. The van der Waals surface area contributed by atoms with Gasteiger partial charge in [-0.25, -0.2) is 9.18 Å². The molecular weight excluding hydrogens is 401 g/mol. The van der Waals surface area contributed by atoms with E-state index in [1.165, 1.54) is 18.3 Å². The molecule has 31 heavy (non-hydrogen) atoms. The number of benzene rings is 2. The van der Waals surface area contributed by atoms with Crippen LogP contribution < -0.4 is 10.3 Å². The number of halogens is 1. The van der Waals surface area contributed by atoms with Gasteiger partial charge in [0.05, 0.1) is 11.2 Å². The Morgan fingerprint density at radius 3 is 2.58 bits per heavy atom. The number of phenolic OH excluding ortho intramolecular Hbond substituents is 1. The molecule has 2 N–H and O–H groups in total. The van der Waals surface area contributed by atoms with Crippen molar-refractivity contribution < 1.29 is 19.4 Å². The Morgan fingerprint density at radius 2 is 1.90 bits per heavy atom. The number of hydrogen-bond donors (Lipinski definition) is 2. The number of fused-ring (bicyclic) bond motifs is 2. The second-order valence-corrected chi connectivity index (χ2v) is 8.39. The summed E-state index contributed by atoms with van der Waals surface area (Å²) >= 11 is 0. The van der Waals surface area contributed by atoms with E-state index in [0.29, 0.717) is 35.4 Å². The highest BCUT2D eigenvalue weighted by Crippen LogP contribution is 2.35. The zero-order valence-corrected chi connectivity index (χ0v) is 17.0. The number of hydrogen-bond acceptors (Lipinski definition) is 5. The Hall–Kier alpha value is -3.39. The number of likely N-dealkylation sites (tertiary alicyclic amines) is 1. The first-order valence-electron chi connectivity index (χ1n) is 10.2. The van der Waals surface area contributed by atoms with Crippen molar-refractivity contribution in [2.75, 3.05) is 31.6 Å². The summed E-state index contributed by atoms with van der Waals surface area (Å²) in [5, 5.41) is 19.1. The van der Waals surface area contributed by atoms with Crippen LogP contribution in [0.1, 0.15) is 16.8 Å². The molecule has 8 heteroatoms. The lowest BCUT2D eigenvalue weighted by molar-refractivity contribution is 0.0695. The minimum Gasteiger partial charge on any atom is -0.508 e. The third kappa shape index (κ3) is 3.14. The highest BCUT2D eigenvalue weighted by atomic mass is 19.1. The third-order valence-corrected chi connectivity index (χ3v) is 6.60. The molecule has 5 rings (SSSR count). The fourth-order valence-electron chi connectivity index (χ4n) is 4.92. The van der Waals surface area contributed by atoms with Gasteiger partial charge < -0.3 is 24.6 Å². The van der Waals surface area contributed by atoms with Gasteiger partial charge in [0.2, 0.25) is 5.43 Å². The molecule has 160 valence electrons. The van der Waals surface area contributed by atoms with E-state index in [1.54, 1.807) is 22.8 Å². The summed E-state index contributed by atoms with van der Waals surface area (Å²) in [4.78, 5) is 28.7. The van der Waals surface area contributed by atoms with Crippen molar-refractivity contribution in [1.29, 1.82) is 0 Å². The molecule has 0 amide bonds. The van der Waals surface area contributed by atoms with Crippen LogP contribution in [0.3, 0.4) is 0 Å².